The van der Waals surface area contributed by atoms with Crippen LogP contribution in [0.5, 0.6) is 0 Å². The normalized spacial score (nSPS) is 17.3. The summed E-state index contributed by atoms with van der Waals surface area (Å²) in [6.07, 6.45) is -0.336. The van der Waals surface area contributed by atoms with Gasteiger partial charge in [0.25, 0.3) is 0 Å². The molecule has 7 nitrogen and oxygen atoms in total. The number of rotatable bonds is 3. The van der Waals surface area contributed by atoms with Gasteiger partial charge in [0.1, 0.15) is 6.61 Å². The first-order valence-corrected chi connectivity index (χ1v) is 6.90. The molecule has 0 aliphatic carbocycles. The summed E-state index contributed by atoms with van der Waals surface area (Å²) in [5.74, 6) is -0.960. The first-order valence-electron chi connectivity index (χ1n) is 6.90. The van der Waals surface area contributed by atoms with E-state index in [2.05, 4.69) is 4.74 Å². The molecule has 0 spiro atoms. The van der Waals surface area contributed by atoms with Crippen LogP contribution < -0.4 is 0 Å². The van der Waals surface area contributed by atoms with Gasteiger partial charge in [-0.05, 0) is 5.56 Å². The quantitative estimate of drug-likeness (QED) is 0.788. The number of hydrazine groups is 1. The third kappa shape index (κ3) is 3.36. The van der Waals surface area contributed by atoms with Crippen LogP contribution in [0.4, 0.5) is 4.79 Å². The molecule has 1 heterocycles. The van der Waals surface area contributed by atoms with Gasteiger partial charge in [-0.25, -0.2) is 19.6 Å². The average molecular weight is 306 g/mol. The van der Waals surface area contributed by atoms with Crippen LogP contribution in [0.15, 0.2) is 30.3 Å². The molecular formula is C15H18N2O5. The Morgan fingerprint density at radius 2 is 1.91 bits per heavy atom. The molecule has 7 heteroatoms. The SMILES string of the molecule is COC(=O)C1CCN(C(=O)OCc2ccccc2)N1C(C)=O. The lowest BCUT2D eigenvalue weighted by molar-refractivity contribution is -0.158. The van der Waals surface area contributed by atoms with Crippen molar-refractivity contribution < 1.29 is 23.9 Å². The number of carbonyl (C=O) groups is 3. The van der Waals surface area contributed by atoms with Gasteiger partial charge in [-0.2, -0.15) is 0 Å². The van der Waals surface area contributed by atoms with E-state index in [9.17, 15) is 14.4 Å². The highest BCUT2D eigenvalue weighted by atomic mass is 16.6. The smallest absolute Gasteiger partial charge is 0.429 e. The minimum absolute atomic E-state index is 0.102. The lowest BCUT2D eigenvalue weighted by Gasteiger charge is -2.29. The molecule has 1 atom stereocenters. The Morgan fingerprint density at radius 3 is 2.50 bits per heavy atom. The fraction of sp³-hybridized carbons (Fsp3) is 0.400. The van der Waals surface area contributed by atoms with E-state index in [1.54, 1.807) is 0 Å². The summed E-state index contributed by atoms with van der Waals surface area (Å²) in [5.41, 5.74) is 0.842. The zero-order chi connectivity index (χ0) is 16.1. The Balaban J connectivity index is 2.02. The Kier molecular flexibility index (Phi) is 4.98. The minimum Gasteiger partial charge on any atom is -0.467 e. The summed E-state index contributed by atoms with van der Waals surface area (Å²) in [6.45, 7) is 1.62. The van der Waals surface area contributed by atoms with Gasteiger partial charge >= 0.3 is 12.1 Å². The summed E-state index contributed by atoms with van der Waals surface area (Å²) in [4.78, 5) is 35.6. The molecule has 0 aromatic heterocycles. The predicted molar refractivity (Wildman–Crippen MR) is 76.3 cm³/mol. The maximum absolute atomic E-state index is 12.1. The lowest BCUT2D eigenvalue weighted by Crippen LogP contribution is -2.50. The second kappa shape index (κ2) is 6.93. The van der Waals surface area contributed by atoms with E-state index < -0.39 is 24.0 Å². The molecule has 0 saturated carbocycles. The maximum atomic E-state index is 12.1. The Labute approximate surface area is 128 Å². The van der Waals surface area contributed by atoms with Crippen molar-refractivity contribution >= 4 is 18.0 Å². The molecule has 118 valence electrons. The van der Waals surface area contributed by atoms with Crippen LogP contribution in [0.3, 0.4) is 0 Å². The van der Waals surface area contributed by atoms with Crippen molar-refractivity contribution in [2.24, 2.45) is 0 Å². The average Bonchev–Trinajstić information content (AvgIpc) is 2.98. The van der Waals surface area contributed by atoms with Crippen LogP contribution in [0.2, 0.25) is 0 Å². The van der Waals surface area contributed by atoms with Crippen molar-refractivity contribution in [1.29, 1.82) is 0 Å². The van der Waals surface area contributed by atoms with Gasteiger partial charge in [-0.3, -0.25) is 4.79 Å². The van der Waals surface area contributed by atoms with Gasteiger partial charge in [0.2, 0.25) is 5.91 Å². The topological polar surface area (TPSA) is 76.2 Å². The number of amides is 2. The van der Waals surface area contributed by atoms with Crippen molar-refractivity contribution in [3.63, 3.8) is 0 Å². The van der Waals surface area contributed by atoms with E-state index in [1.165, 1.54) is 14.0 Å². The van der Waals surface area contributed by atoms with E-state index >= 15 is 0 Å². The maximum Gasteiger partial charge on any atom is 0.429 e. The van der Waals surface area contributed by atoms with Crippen LogP contribution >= 0.6 is 0 Å². The van der Waals surface area contributed by atoms with Crippen molar-refractivity contribution in [2.75, 3.05) is 13.7 Å². The number of benzene rings is 1. The number of carbonyl (C=O) groups excluding carboxylic acids is 3. The highest BCUT2D eigenvalue weighted by molar-refractivity contribution is 5.86. The molecule has 1 aliphatic rings. The molecule has 0 radical (unpaired) electrons. The zero-order valence-corrected chi connectivity index (χ0v) is 12.5. The first kappa shape index (κ1) is 15.8. The summed E-state index contributed by atoms with van der Waals surface area (Å²) in [5, 5.41) is 2.24. The second-order valence-electron chi connectivity index (χ2n) is 4.85. The summed E-state index contributed by atoms with van der Waals surface area (Å²) in [6, 6.07) is 8.42. The third-order valence-corrected chi connectivity index (χ3v) is 3.38. The Hall–Kier alpha value is -2.57. The number of esters is 1. The van der Waals surface area contributed by atoms with Crippen molar-refractivity contribution in [3.05, 3.63) is 35.9 Å². The van der Waals surface area contributed by atoms with E-state index in [1.807, 2.05) is 30.3 Å². The Morgan fingerprint density at radius 1 is 1.23 bits per heavy atom. The van der Waals surface area contributed by atoms with Crippen LogP contribution in [-0.2, 0) is 25.7 Å². The fourth-order valence-corrected chi connectivity index (χ4v) is 2.36. The molecule has 1 aromatic rings. The number of nitrogens with zero attached hydrogens (tertiary/aromatic N) is 2. The molecule has 1 unspecified atom stereocenters. The molecule has 0 bridgehead atoms. The molecule has 1 aliphatic heterocycles. The number of hydrogen-bond acceptors (Lipinski definition) is 5. The Bertz CT molecular complexity index is 560. The highest BCUT2D eigenvalue weighted by Gasteiger charge is 2.42. The van der Waals surface area contributed by atoms with Crippen LogP contribution in [0.1, 0.15) is 18.9 Å². The van der Waals surface area contributed by atoms with Gasteiger partial charge in [-0.1, -0.05) is 30.3 Å². The van der Waals surface area contributed by atoms with Gasteiger partial charge in [-0.15, -0.1) is 0 Å². The van der Waals surface area contributed by atoms with E-state index in [4.69, 9.17) is 4.74 Å². The van der Waals surface area contributed by atoms with Gasteiger partial charge < -0.3 is 9.47 Å². The van der Waals surface area contributed by atoms with E-state index in [-0.39, 0.29) is 13.2 Å². The van der Waals surface area contributed by atoms with Crippen LogP contribution in [0.25, 0.3) is 0 Å². The second-order valence-corrected chi connectivity index (χ2v) is 4.85. The number of hydrogen-bond donors (Lipinski definition) is 0. The van der Waals surface area contributed by atoms with Crippen LogP contribution in [-0.4, -0.2) is 47.7 Å². The monoisotopic (exact) mass is 306 g/mol. The highest BCUT2D eigenvalue weighted by Crippen LogP contribution is 2.21. The van der Waals surface area contributed by atoms with Crippen molar-refractivity contribution in [2.45, 2.75) is 26.0 Å². The fourth-order valence-electron chi connectivity index (χ4n) is 2.36. The van der Waals surface area contributed by atoms with Gasteiger partial charge in [0, 0.05) is 19.9 Å². The summed E-state index contributed by atoms with van der Waals surface area (Å²) >= 11 is 0. The lowest BCUT2D eigenvalue weighted by atomic mass is 10.2. The molecule has 2 amide bonds. The molecular weight excluding hydrogens is 288 g/mol. The summed E-state index contributed by atoms with van der Waals surface area (Å²) < 4.78 is 9.86. The molecule has 22 heavy (non-hydrogen) atoms. The zero-order valence-electron chi connectivity index (χ0n) is 12.5. The molecule has 0 N–H and O–H groups in total. The minimum atomic E-state index is -0.785. The third-order valence-electron chi connectivity index (χ3n) is 3.38. The number of ether oxygens (including phenoxy) is 2. The summed E-state index contributed by atoms with van der Waals surface area (Å²) in [7, 11) is 1.25. The van der Waals surface area contributed by atoms with Crippen molar-refractivity contribution in [3.8, 4) is 0 Å². The first-order chi connectivity index (χ1) is 10.5. The van der Waals surface area contributed by atoms with Crippen LogP contribution in [0, 0.1) is 0 Å². The van der Waals surface area contributed by atoms with E-state index in [0.29, 0.717) is 6.42 Å². The number of methoxy groups -OCH3 is 1. The van der Waals surface area contributed by atoms with Crippen molar-refractivity contribution in [1.82, 2.24) is 10.0 Å². The predicted octanol–water partition coefficient (Wildman–Crippen LogP) is 1.33. The standard InChI is InChI=1S/C15H18N2O5/c1-11(18)17-13(14(19)21-2)8-9-16(17)15(20)22-10-12-6-4-3-5-7-12/h3-7,13H,8-10H2,1-2H3. The van der Waals surface area contributed by atoms with E-state index in [0.717, 1.165) is 15.6 Å². The van der Waals surface area contributed by atoms with Gasteiger partial charge in [0.15, 0.2) is 6.04 Å². The largest absolute Gasteiger partial charge is 0.467 e. The molecule has 2 rings (SSSR count). The van der Waals surface area contributed by atoms with Gasteiger partial charge in [0.05, 0.1) is 7.11 Å². The molecule has 1 fully saturated rings. The molecule has 1 aromatic carbocycles. The molecule has 1 saturated heterocycles.